The Morgan fingerprint density at radius 3 is 1.43 bits per heavy atom. The number of amides is 3. The molecule has 0 unspecified atom stereocenters. The van der Waals surface area contributed by atoms with Crippen LogP contribution in [0.15, 0.2) is 0 Å². The lowest BCUT2D eigenvalue weighted by molar-refractivity contribution is -0.156. The van der Waals surface area contributed by atoms with Crippen LogP contribution in [0.5, 0.6) is 0 Å². The van der Waals surface area contributed by atoms with Gasteiger partial charge in [0.25, 0.3) is 0 Å². The summed E-state index contributed by atoms with van der Waals surface area (Å²) in [6.07, 6.45) is 2.14. The van der Waals surface area contributed by atoms with E-state index in [1.807, 2.05) is 20.8 Å². The third-order valence-corrected chi connectivity index (χ3v) is 6.64. The van der Waals surface area contributed by atoms with Gasteiger partial charge in [-0.25, -0.2) is 0 Å². The summed E-state index contributed by atoms with van der Waals surface area (Å²) in [6, 6.07) is -0.750. The van der Waals surface area contributed by atoms with E-state index in [0.29, 0.717) is 125 Å². The first-order valence-electron chi connectivity index (χ1n) is 18.7. The summed E-state index contributed by atoms with van der Waals surface area (Å²) in [6.45, 7) is 12.7. The van der Waals surface area contributed by atoms with E-state index in [4.69, 9.17) is 54.1 Å². The Kier molecular flexibility index (Phi) is 34.7. The Balaban J connectivity index is 4.20. The topological polar surface area (TPSA) is 239 Å². The zero-order valence-electron chi connectivity index (χ0n) is 32.4. The van der Waals surface area contributed by atoms with Crippen LogP contribution in [-0.2, 0) is 61.8 Å². The van der Waals surface area contributed by atoms with Gasteiger partial charge in [-0.2, -0.15) is 0 Å². The first-order valence-corrected chi connectivity index (χ1v) is 18.7. The van der Waals surface area contributed by atoms with Gasteiger partial charge in [0.1, 0.15) is 11.6 Å². The fraction of sp³-hybridized carbons (Fsp3) is 0.886. The van der Waals surface area contributed by atoms with Crippen LogP contribution in [0.4, 0.5) is 0 Å². The molecule has 0 aromatic carbocycles. The van der Waals surface area contributed by atoms with Gasteiger partial charge in [0.15, 0.2) is 0 Å². The van der Waals surface area contributed by atoms with Gasteiger partial charge in [-0.1, -0.05) is 0 Å². The van der Waals surface area contributed by atoms with Crippen molar-refractivity contribution in [1.29, 1.82) is 0 Å². The smallest absolute Gasteiger partial charge is 0.308 e. The lowest BCUT2D eigenvalue weighted by Crippen LogP contribution is -2.47. The molecule has 18 heteroatoms. The number of carbonyl (C=O) groups is 4. The van der Waals surface area contributed by atoms with Crippen molar-refractivity contribution in [1.82, 2.24) is 16.0 Å². The number of ether oxygens (including phenoxy) is 9. The Hall–Kier alpha value is -2.52. The average molecular weight is 768 g/mol. The lowest BCUT2D eigenvalue weighted by atomic mass is 10.1. The minimum Gasteiger partial charge on any atom is -0.460 e. The first kappa shape index (κ1) is 50.5. The number of hydrogen-bond acceptors (Lipinski definition) is 15. The van der Waals surface area contributed by atoms with Gasteiger partial charge in [0, 0.05) is 39.0 Å². The molecule has 312 valence electrons. The maximum Gasteiger partial charge on any atom is 0.308 e. The van der Waals surface area contributed by atoms with Crippen molar-refractivity contribution in [2.75, 3.05) is 132 Å². The van der Waals surface area contributed by atoms with Crippen molar-refractivity contribution in [2.45, 2.75) is 70.9 Å². The van der Waals surface area contributed by atoms with Crippen molar-refractivity contribution >= 4 is 23.7 Å². The molecule has 0 aliphatic heterocycles. The molecular formula is C35H69N5O13. The molecular weight excluding hydrogens is 698 g/mol. The number of unbranched alkanes of at least 4 members (excludes halogenated alkanes) is 1. The van der Waals surface area contributed by atoms with Gasteiger partial charge in [0.2, 0.25) is 17.7 Å². The fourth-order valence-corrected chi connectivity index (χ4v) is 4.14. The van der Waals surface area contributed by atoms with E-state index in [-0.39, 0.29) is 69.3 Å². The molecule has 53 heavy (non-hydrogen) atoms. The second-order valence-corrected chi connectivity index (χ2v) is 12.6. The predicted octanol–water partition coefficient (Wildman–Crippen LogP) is -0.564. The molecule has 0 aliphatic carbocycles. The monoisotopic (exact) mass is 767 g/mol. The maximum absolute atomic E-state index is 12.9. The van der Waals surface area contributed by atoms with Gasteiger partial charge >= 0.3 is 5.97 Å². The molecule has 0 aromatic rings. The van der Waals surface area contributed by atoms with Gasteiger partial charge in [-0.05, 0) is 40.0 Å². The molecule has 0 aromatic heterocycles. The molecule has 0 aliphatic rings. The standard InChI is InChI=1S/C35H69N5O13/c1-35(2,3)53-33(43)9-16-47-22-26-51-28-29-52-27-25-50-19-13-39-34(44)30(40-32(42)8-15-46-21-24-49-18-11-37)6-4-5-12-38-31(41)7-14-45-20-23-48-17-10-36/h30H,4-29,36-37H2,1-3H3,(H,38,41)(H,39,44)(H,40,42)/t30-/m0/s1. The number of carbonyl (C=O) groups excluding carboxylic acids is 4. The Morgan fingerprint density at radius 2 is 0.943 bits per heavy atom. The Bertz CT molecular complexity index is 912. The molecule has 0 rings (SSSR count). The van der Waals surface area contributed by atoms with Crippen molar-refractivity contribution in [2.24, 2.45) is 11.5 Å². The van der Waals surface area contributed by atoms with E-state index >= 15 is 0 Å². The number of hydrogen-bond donors (Lipinski definition) is 5. The maximum atomic E-state index is 12.9. The molecule has 18 nitrogen and oxygen atoms in total. The van der Waals surface area contributed by atoms with Crippen LogP contribution in [0.1, 0.15) is 59.3 Å². The minimum absolute atomic E-state index is 0.0930. The van der Waals surface area contributed by atoms with Crippen LogP contribution in [0.3, 0.4) is 0 Å². The van der Waals surface area contributed by atoms with E-state index in [0.717, 1.165) is 0 Å². The van der Waals surface area contributed by atoms with Crippen LogP contribution in [-0.4, -0.2) is 167 Å². The predicted molar refractivity (Wildman–Crippen MR) is 196 cm³/mol. The Morgan fingerprint density at radius 1 is 0.509 bits per heavy atom. The summed E-state index contributed by atoms with van der Waals surface area (Å²) >= 11 is 0. The van der Waals surface area contributed by atoms with Crippen LogP contribution >= 0.6 is 0 Å². The summed E-state index contributed by atoms with van der Waals surface area (Å²) in [5, 5.41) is 8.44. The third-order valence-electron chi connectivity index (χ3n) is 6.64. The number of esters is 1. The van der Waals surface area contributed by atoms with Gasteiger partial charge in [-0.3, -0.25) is 19.2 Å². The molecule has 0 radical (unpaired) electrons. The highest BCUT2D eigenvalue weighted by molar-refractivity contribution is 5.87. The average Bonchev–Trinajstić information content (AvgIpc) is 3.11. The van der Waals surface area contributed by atoms with E-state index in [1.54, 1.807) is 0 Å². The Labute approximate surface area is 315 Å². The van der Waals surface area contributed by atoms with E-state index in [9.17, 15) is 19.2 Å². The number of rotatable bonds is 38. The van der Waals surface area contributed by atoms with Gasteiger partial charge in [-0.15, -0.1) is 0 Å². The van der Waals surface area contributed by atoms with Crippen molar-refractivity contribution < 1.29 is 61.8 Å². The second-order valence-electron chi connectivity index (χ2n) is 12.6. The number of nitrogens with two attached hydrogens (primary N) is 2. The third kappa shape index (κ3) is 37.6. The highest BCUT2D eigenvalue weighted by Crippen LogP contribution is 2.08. The van der Waals surface area contributed by atoms with Crippen molar-refractivity contribution in [3.63, 3.8) is 0 Å². The SMILES string of the molecule is CC(C)(C)OC(=O)CCOCCOCCOCCOCCNC(=O)[C@H](CCCCNC(=O)CCOCCOCCN)NC(=O)CCOCCOCCN. The van der Waals surface area contributed by atoms with Crippen LogP contribution in [0, 0.1) is 0 Å². The van der Waals surface area contributed by atoms with Crippen LogP contribution < -0.4 is 27.4 Å². The molecule has 0 heterocycles. The van der Waals surface area contributed by atoms with Gasteiger partial charge < -0.3 is 70.0 Å². The zero-order valence-corrected chi connectivity index (χ0v) is 32.4. The van der Waals surface area contributed by atoms with Crippen LogP contribution in [0.2, 0.25) is 0 Å². The van der Waals surface area contributed by atoms with E-state index in [2.05, 4.69) is 16.0 Å². The normalized spacial score (nSPS) is 12.0. The molecule has 3 amide bonds. The second kappa shape index (κ2) is 36.5. The summed E-state index contributed by atoms with van der Waals surface area (Å²) in [5.74, 6) is -1.05. The molecule has 0 bridgehead atoms. The summed E-state index contributed by atoms with van der Waals surface area (Å²) in [4.78, 5) is 49.2. The molecule has 0 saturated carbocycles. The largest absolute Gasteiger partial charge is 0.460 e. The van der Waals surface area contributed by atoms with Crippen LogP contribution in [0.25, 0.3) is 0 Å². The highest BCUT2D eigenvalue weighted by Gasteiger charge is 2.20. The van der Waals surface area contributed by atoms with E-state index in [1.165, 1.54) is 0 Å². The van der Waals surface area contributed by atoms with Gasteiger partial charge in [0.05, 0.1) is 112 Å². The van der Waals surface area contributed by atoms with Crippen molar-refractivity contribution in [3.05, 3.63) is 0 Å². The summed E-state index contributed by atoms with van der Waals surface area (Å²) in [5.41, 5.74) is 10.2. The molecule has 0 spiro atoms. The zero-order chi connectivity index (χ0) is 39.3. The van der Waals surface area contributed by atoms with E-state index < -0.39 is 11.6 Å². The van der Waals surface area contributed by atoms with Crippen molar-refractivity contribution in [3.8, 4) is 0 Å². The molecule has 1 atom stereocenters. The summed E-state index contributed by atoms with van der Waals surface area (Å²) in [7, 11) is 0. The first-order chi connectivity index (χ1) is 25.6. The minimum atomic E-state index is -0.750. The highest BCUT2D eigenvalue weighted by atomic mass is 16.6. The summed E-state index contributed by atoms with van der Waals surface area (Å²) < 4.78 is 48.3. The number of nitrogens with one attached hydrogen (secondary N) is 3. The fourth-order valence-electron chi connectivity index (χ4n) is 4.14. The quantitative estimate of drug-likeness (QED) is 0.0391. The molecule has 7 N–H and O–H groups in total. The molecule has 0 fully saturated rings. The lowest BCUT2D eigenvalue weighted by Gasteiger charge is -2.19. The molecule has 0 saturated heterocycles.